The summed E-state index contributed by atoms with van der Waals surface area (Å²) in [5.41, 5.74) is 3.17. The van der Waals surface area contributed by atoms with Crippen molar-refractivity contribution in [2.75, 3.05) is 7.11 Å². The van der Waals surface area contributed by atoms with Crippen molar-refractivity contribution in [3.8, 4) is 11.5 Å². The molecular weight excluding hydrogens is 264 g/mol. The van der Waals surface area contributed by atoms with Crippen LogP contribution in [0.3, 0.4) is 0 Å². The quantitative estimate of drug-likeness (QED) is 0.871. The van der Waals surface area contributed by atoms with Gasteiger partial charge in [0.25, 0.3) is 0 Å². The Labute approximate surface area is 126 Å². The van der Waals surface area contributed by atoms with Gasteiger partial charge in [0.15, 0.2) is 11.5 Å². The van der Waals surface area contributed by atoms with E-state index in [2.05, 4.69) is 19.1 Å². The Morgan fingerprint density at radius 3 is 2.38 bits per heavy atom. The first-order chi connectivity index (χ1) is 10.1. The number of aliphatic hydroxyl groups excluding tert-OH is 1. The fourth-order valence-electron chi connectivity index (χ4n) is 2.09. The summed E-state index contributed by atoms with van der Waals surface area (Å²) in [6.07, 6.45) is 0.196. The van der Waals surface area contributed by atoms with E-state index in [1.165, 1.54) is 5.56 Å². The molecule has 0 fully saturated rings. The maximum Gasteiger partial charge on any atom is 0.162 e. The van der Waals surface area contributed by atoms with Crippen LogP contribution in [0.25, 0.3) is 0 Å². The van der Waals surface area contributed by atoms with E-state index in [1.54, 1.807) is 7.11 Å². The predicted molar refractivity (Wildman–Crippen MR) is 83.8 cm³/mol. The van der Waals surface area contributed by atoms with Crippen LogP contribution in [0, 0.1) is 6.92 Å². The van der Waals surface area contributed by atoms with Crippen LogP contribution in [0.15, 0.2) is 42.5 Å². The van der Waals surface area contributed by atoms with Gasteiger partial charge in [0.05, 0.1) is 13.2 Å². The number of ether oxygens (including phenoxy) is 2. The minimum absolute atomic E-state index is 0.474. The third-order valence-corrected chi connectivity index (χ3v) is 3.47. The SMILES string of the molecule is CCC(O)c1ccc(OC)c(OCc2ccc(C)cc2)c1. The fourth-order valence-corrected chi connectivity index (χ4v) is 2.09. The van der Waals surface area contributed by atoms with Crippen molar-refractivity contribution in [2.45, 2.75) is 33.0 Å². The number of methoxy groups -OCH3 is 1. The van der Waals surface area contributed by atoms with Crippen LogP contribution in [-0.2, 0) is 6.61 Å². The second-order valence-electron chi connectivity index (χ2n) is 5.11. The van der Waals surface area contributed by atoms with E-state index in [4.69, 9.17) is 9.47 Å². The third kappa shape index (κ3) is 3.99. The molecule has 2 aromatic rings. The van der Waals surface area contributed by atoms with Crippen LogP contribution < -0.4 is 9.47 Å². The predicted octanol–water partition coefficient (Wildman–Crippen LogP) is 4.03. The molecule has 0 heterocycles. The maximum atomic E-state index is 9.94. The van der Waals surface area contributed by atoms with Gasteiger partial charge in [-0.1, -0.05) is 42.8 Å². The first kappa shape index (κ1) is 15.4. The van der Waals surface area contributed by atoms with Gasteiger partial charge in [-0.15, -0.1) is 0 Å². The van der Waals surface area contributed by atoms with Gasteiger partial charge in [0, 0.05) is 0 Å². The van der Waals surface area contributed by atoms with Gasteiger partial charge in [-0.05, 0) is 36.6 Å². The van der Waals surface area contributed by atoms with Crippen LogP contribution in [0.2, 0.25) is 0 Å². The Morgan fingerprint density at radius 2 is 1.76 bits per heavy atom. The molecule has 112 valence electrons. The summed E-state index contributed by atoms with van der Waals surface area (Å²) in [6, 6.07) is 13.8. The standard InChI is InChI=1S/C18H22O3/c1-4-16(19)15-9-10-17(20-3)18(11-15)21-12-14-7-5-13(2)6-8-14/h5-11,16,19H,4,12H2,1-3H3. The first-order valence-electron chi connectivity index (χ1n) is 7.18. The monoisotopic (exact) mass is 286 g/mol. The molecule has 0 saturated carbocycles. The number of hydrogen-bond donors (Lipinski definition) is 1. The Balaban J connectivity index is 2.15. The summed E-state index contributed by atoms with van der Waals surface area (Å²) in [6.45, 7) is 4.48. The molecule has 2 rings (SSSR count). The molecule has 3 heteroatoms. The summed E-state index contributed by atoms with van der Waals surface area (Å²) in [7, 11) is 1.62. The number of aryl methyl sites for hydroxylation is 1. The van der Waals surface area contributed by atoms with Crippen LogP contribution >= 0.6 is 0 Å². The molecule has 0 aliphatic heterocycles. The highest BCUT2D eigenvalue weighted by molar-refractivity contribution is 5.43. The molecule has 0 aliphatic rings. The fraction of sp³-hybridized carbons (Fsp3) is 0.333. The number of rotatable bonds is 6. The summed E-state index contributed by atoms with van der Waals surface area (Å²) >= 11 is 0. The van der Waals surface area contributed by atoms with Crippen LogP contribution in [0.1, 0.15) is 36.1 Å². The van der Waals surface area contributed by atoms with Gasteiger partial charge in [-0.3, -0.25) is 0 Å². The minimum Gasteiger partial charge on any atom is -0.493 e. The molecule has 0 bridgehead atoms. The number of benzene rings is 2. The van der Waals surface area contributed by atoms with Gasteiger partial charge in [-0.2, -0.15) is 0 Å². The lowest BCUT2D eigenvalue weighted by molar-refractivity contribution is 0.172. The van der Waals surface area contributed by atoms with E-state index < -0.39 is 6.10 Å². The molecule has 21 heavy (non-hydrogen) atoms. The third-order valence-electron chi connectivity index (χ3n) is 3.47. The van der Waals surface area contributed by atoms with E-state index in [9.17, 15) is 5.11 Å². The molecule has 0 aliphatic carbocycles. The molecular formula is C18H22O3. The lowest BCUT2D eigenvalue weighted by Gasteiger charge is -2.14. The van der Waals surface area contributed by atoms with Gasteiger partial charge >= 0.3 is 0 Å². The van der Waals surface area contributed by atoms with Crippen molar-refractivity contribution in [3.05, 3.63) is 59.2 Å². The summed E-state index contributed by atoms with van der Waals surface area (Å²) < 4.78 is 11.2. The van der Waals surface area contributed by atoms with Crippen molar-refractivity contribution in [1.29, 1.82) is 0 Å². The Bertz CT molecular complexity index is 576. The normalized spacial score (nSPS) is 12.0. The molecule has 2 aromatic carbocycles. The molecule has 0 aromatic heterocycles. The molecule has 1 unspecified atom stereocenters. The lowest BCUT2D eigenvalue weighted by atomic mass is 10.1. The zero-order valence-corrected chi connectivity index (χ0v) is 12.8. The molecule has 0 amide bonds. The van der Waals surface area contributed by atoms with Crippen LogP contribution in [-0.4, -0.2) is 12.2 Å². The average molecular weight is 286 g/mol. The highest BCUT2D eigenvalue weighted by Gasteiger charge is 2.10. The van der Waals surface area contributed by atoms with E-state index in [1.807, 2.05) is 37.3 Å². The van der Waals surface area contributed by atoms with Crippen molar-refractivity contribution in [1.82, 2.24) is 0 Å². The van der Waals surface area contributed by atoms with E-state index >= 15 is 0 Å². The summed E-state index contributed by atoms with van der Waals surface area (Å²) in [5, 5.41) is 9.94. The maximum absolute atomic E-state index is 9.94. The molecule has 3 nitrogen and oxygen atoms in total. The van der Waals surface area contributed by atoms with E-state index in [0.717, 1.165) is 11.1 Å². The van der Waals surface area contributed by atoms with Gasteiger partial charge in [-0.25, -0.2) is 0 Å². The smallest absolute Gasteiger partial charge is 0.162 e. The van der Waals surface area contributed by atoms with Crippen molar-refractivity contribution >= 4 is 0 Å². The molecule has 0 saturated heterocycles. The van der Waals surface area contributed by atoms with Crippen molar-refractivity contribution in [3.63, 3.8) is 0 Å². The van der Waals surface area contributed by atoms with E-state index in [0.29, 0.717) is 24.5 Å². The molecule has 1 N–H and O–H groups in total. The molecule has 0 spiro atoms. The molecule has 0 radical (unpaired) electrons. The van der Waals surface area contributed by atoms with Crippen LogP contribution in [0.5, 0.6) is 11.5 Å². The number of hydrogen-bond acceptors (Lipinski definition) is 3. The second kappa shape index (κ2) is 7.14. The Kier molecular flexibility index (Phi) is 5.23. The van der Waals surface area contributed by atoms with Crippen molar-refractivity contribution < 1.29 is 14.6 Å². The lowest BCUT2D eigenvalue weighted by Crippen LogP contribution is -2.01. The largest absolute Gasteiger partial charge is 0.493 e. The van der Waals surface area contributed by atoms with Crippen LogP contribution in [0.4, 0.5) is 0 Å². The van der Waals surface area contributed by atoms with Crippen molar-refractivity contribution in [2.24, 2.45) is 0 Å². The highest BCUT2D eigenvalue weighted by Crippen LogP contribution is 2.31. The van der Waals surface area contributed by atoms with E-state index in [-0.39, 0.29) is 0 Å². The summed E-state index contributed by atoms with van der Waals surface area (Å²) in [4.78, 5) is 0. The minimum atomic E-state index is -0.474. The summed E-state index contributed by atoms with van der Waals surface area (Å²) in [5.74, 6) is 1.33. The Morgan fingerprint density at radius 1 is 1.05 bits per heavy atom. The zero-order valence-electron chi connectivity index (χ0n) is 12.8. The van der Waals surface area contributed by atoms with Gasteiger partial charge in [0.2, 0.25) is 0 Å². The van der Waals surface area contributed by atoms with Gasteiger partial charge < -0.3 is 14.6 Å². The highest BCUT2D eigenvalue weighted by atomic mass is 16.5. The molecule has 1 atom stereocenters. The number of aliphatic hydroxyl groups is 1. The zero-order chi connectivity index (χ0) is 15.2. The first-order valence-corrected chi connectivity index (χ1v) is 7.18. The average Bonchev–Trinajstić information content (AvgIpc) is 2.53. The topological polar surface area (TPSA) is 38.7 Å². The Hall–Kier alpha value is -2.00. The van der Waals surface area contributed by atoms with Gasteiger partial charge in [0.1, 0.15) is 6.61 Å². The second-order valence-corrected chi connectivity index (χ2v) is 5.11.